The summed E-state index contributed by atoms with van der Waals surface area (Å²) in [5.74, 6) is 0. The highest BCUT2D eigenvalue weighted by atomic mass is 35.5. The zero-order valence-electron chi connectivity index (χ0n) is 9.70. The van der Waals surface area contributed by atoms with Crippen LogP contribution in [-0.4, -0.2) is 35.2 Å². The summed E-state index contributed by atoms with van der Waals surface area (Å²) < 4.78 is 0. The molecule has 1 saturated heterocycles. The topological polar surface area (TPSA) is 52.6 Å². The van der Waals surface area contributed by atoms with E-state index in [0.29, 0.717) is 28.8 Å². The zero-order chi connectivity index (χ0) is 13.1. The number of carbonyl (C=O) groups excluding carboxylic acids is 1. The number of nitrogens with zero attached hydrogens (tertiary/aromatic N) is 1. The lowest BCUT2D eigenvalue weighted by Gasteiger charge is -2.30. The van der Waals surface area contributed by atoms with Gasteiger partial charge in [0, 0.05) is 18.8 Å². The summed E-state index contributed by atoms with van der Waals surface area (Å²) in [5.41, 5.74) is 0.592. The van der Waals surface area contributed by atoms with Crippen molar-refractivity contribution < 1.29 is 9.90 Å². The number of amides is 2. The van der Waals surface area contributed by atoms with Gasteiger partial charge in [0.25, 0.3) is 0 Å². The minimum absolute atomic E-state index is 0.230. The third-order valence-corrected chi connectivity index (χ3v) is 3.59. The van der Waals surface area contributed by atoms with E-state index in [9.17, 15) is 9.90 Å². The van der Waals surface area contributed by atoms with E-state index in [1.54, 1.807) is 23.1 Å². The molecule has 2 rings (SSSR count). The maximum absolute atomic E-state index is 11.9. The number of urea groups is 1. The molecule has 1 aliphatic heterocycles. The quantitative estimate of drug-likeness (QED) is 0.835. The Balaban J connectivity index is 2.00. The lowest BCUT2D eigenvalue weighted by molar-refractivity contribution is 0.0883. The predicted octanol–water partition coefficient (Wildman–Crippen LogP) is 2.98. The molecule has 6 heteroatoms. The predicted molar refractivity (Wildman–Crippen MR) is 72.3 cm³/mol. The number of aliphatic hydroxyl groups excluding tert-OH is 1. The molecule has 0 radical (unpaired) electrons. The number of nitrogens with one attached hydrogen (secondary N) is 1. The minimum atomic E-state index is -0.432. The summed E-state index contributed by atoms with van der Waals surface area (Å²) in [6.45, 7) is 1.03. The number of aliphatic hydroxyl groups is 1. The number of rotatable bonds is 1. The van der Waals surface area contributed by atoms with Crippen LogP contribution in [-0.2, 0) is 0 Å². The molecule has 1 atom stereocenters. The van der Waals surface area contributed by atoms with Gasteiger partial charge in [0.1, 0.15) is 0 Å². The number of anilines is 1. The average Bonchev–Trinajstić information content (AvgIpc) is 2.34. The summed E-state index contributed by atoms with van der Waals surface area (Å²) in [4.78, 5) is 13.5. The van der Waals surface area contributed by atoms with E-state index in [-0.39, 0.29) is 6.03 Å². The van der Waals surface area contributed by atoms with Crippen LogP contribution in [0.5, 0.6) is 0 Å². The van der Waals surface area contributed by atoms with E-state index in [4.69, 9.17) is 23.2 Å². The normalized spacial score (nSPS) is 19.7. The molecule has 2 N–H and O–H groups in total. The molecule has 4 nitrogen and oxygen atoms in total. The first-order valence-corrected chi connectivity index (χ1v) is 6.51. The Labute approximate surface area is 115 Å². The van der Waals surface area contributed by atoms with E-state index in [2.05, 4.69) is 5.32 Å². The van der Waals surface area contributed by atoms with Gasteiger partial charge in [-0.15, -0.1) is 0 Å². The third-order valence-electron chi connectivity index (χ3n) is 2.85. The fourth-order valence-electron chi connectivity index (χ4n) is 1.92. The van der Waals surface area contributed by atoms with Gasteiger partial charge in [0.05, 0.1) is 16.1 Å². The summed E-state index contributed by atoms with van der Waals surface area (Å²) in [6, 6.07) is 4.69. The molecule has 0 spiro atoms. The van der Waals surface area contributed by atoms with Gasteiger partial charge >= 0.3 is 6.03 Å². The number of piperidine rings is 1. The highest BCUT2D eigenvalue weighted by Gasteiger charge is 2.22. The average molecular weight is 289 g/mol. The molecule has 0 bridgehead atoms. The van der Waals surface area contributed by atoms with Crippen LogP contribution in [0.2, 0.25) is 10.0 Å². The van der Waals surface area contributed by atoms with Gasteiger partial charge in [-0.3, -0.25) is 0 Å². The fraction of sp³-hybridized carbons (Fsp3) is 0.417. The Morgan fingerprint density at radius 3 is 2.83 bits per heavy atom. The first-order chi connectivity index (χ1) is 8.56. The maximum atomic E-state index is 11.9. The van der Waals surface area contributed by atoms with E-state index in [1.807, 2.05) is 0 Å². The fourth-order valence-corrected chi connectivity index (χ4v) is 2.21. The number of hydrogen-bond donors (Lipinski definition) is 2. The molecular formula is C12H14Cl2N2O2. The van der Waals surface area contributed by atoms with Gasteiger partial charge in [-0.25, -0.2) is 4.79 Å². The largest absolute Gasteiger partial charge is 0.391 e. The number of likely N-dealkylation sites (tertiary alicyclic amines) is 1. The SMILES string of the molecule is O=C(Nc1ccc(Cl)c(Cl)c1)N1CCCC(O)C1. The van der Waals surface area contributed by atoms with Crippen LogP contribution in [0.15, 0.2) is 18.2 Å². The standard InChI is InChI=1S/C12H14Cl2N2O2/c13-10-4-3-8(6-11(10)14)15-12(18)16-5-1-2-9(17)7-16/h3-4,6,9,17H,1-2,5,7H2,(H,15,18). The maximum Gasteiger partial charge on any atom is 0.321 e. The van der Waals surface area contributed by atoms with Gasteiger partial charge in [0.15, 0.2) is 0 Å². The van der Waals surface area contributed by atoms with E-state index in [0.717, 1.165) is 12.8 Å². The van der Waals surface area contributed by atoms with Crippen molar-refractivity contribution in [2.75, 3.05) is 18.4 Å². The second-order valence-corrected chi connectivity index (χ2v) is 5.12. The third kappa shape index (κ3) is 3.28. The Hall–Kier alpha value is -0.970. The Bertz CT molecular complexity index is 454. The summed E-state index contributed by atoms with van der Waals surface area (Å²) >= 11 is 11.7. The lowest BCUT2D eigenvalue weighted by atomic mass is 10.1. The molecule has 1 aliphatic rings. The van der Waals surface area contributed by atoms with Gasteiger partial charge in [0.2, 0.25) is 0 Å². The number of benzene rings is 1. The Morgan fingerprint density at radius 1 is 1.39 bits per heavy atom. The first kappa shape index (κ1) is 13.5. The lowest BCUT2D eigenvalue weighted by Crippen LogP contribution is -2.44. The van der Waals surface area contributed by atoms with Gasteiger partial charge in [-0.05, 0) is 31.0 Å². The van der Waals surface area contributed by atoms with Gasteiger partial charge in [-0.2, -0.15) is 0 Å². The van der Waals surface area contributed by atoms with Crippen molar-refractivity contribution in [3.8, 4) is 0 Å². The van der Waals surface area contributed by atoms with Crippen LogP contribution in [0.1, 0.15) is 12.8 Å². The number of carbonyl (C=O) groups is 1. The van der Waals surface area contributed by atoms with E-state index < -0.39 is 6.10 Å². The molecule has 1 heterocycles. The molecule has 1 unspecified atom stereocenters. The molecule has 1 aromatic rings. The van der Waals surface area contributed by atoms with Crippen molar-refractivity contribution in [3.05, 3.63) is 28.2 Å². The molecule has 0 aromatic heterocycles. The summed E-state index contributed by atoms with van der Waals surface area (Å²) in [5, 5.41) is 13.1. The van der Waals surface area contributed by atoms with Crippen LogP contribution >= 0.6 is 23.2 Å². The molecule has 18 heavy (non-hydrogen) atoms. The van der Waals surface area contributed by atoms with Crippen LogP contribution in [0, 0.1) is 0 Å². The minimum Gasteiger partial charge on any atom is -0.391 e. The molecule has 0 aliphatic carbocycles. The molecule has 0 saturated carbocycles. The zero-order valence-corrected chi connectivity index (χ0v) is 11.2. The monoisotopic (exact) mass is 288 g/mol. The molecule has 1 aromatic carbocycles. The molecule has 2 amide bonds. The highest BCUT2D eigenvalue weighted by Crippen LogP contribution is 2.25. The highest BCUT2D eigenvalue weighted by molar-refractivity contribution is 6.42. The second-order valence-electron chi connectivity index (χ2n) is 4.30. The van der Waals surface area contributed by atoms with Crippen molar-refractivity contribution >= 4 is 34.9 Å². The Morgan fingerprint density at radius 2 is 2.17 bits per heavy atom. The van der Waals surface area contributed by atoms with Crippen molar-refractivity contribution in [1.29, 1.82) is 0 Å². The van der Waals surface area contributed by atoms with Crippen molar-refractivity contribution in [3.63, 3.8) is 0 Å². The molecule has 98 valence electrons. The molecular weight excluding hydrogens is 275 g/mol. The van der Waals surface area contributed by atoms with Crippen molar-refractivity contribution in [2.24, 2.45) is 0 Å². The van der Waals surface area contributed by atoms with E-state index in [1.165, 1.54) is 0 Å². The van der Waals surface area contributed by atoms with Gasteiger partial charge < -0.3 is 15.3 Å². The van der Waals surface area contributed by atoms with E-state index >= 15 is 0 Å². The Kier molecular flexibility index (Phi) is 4.32. The smallest absolute Gasteiger partial charge is 0.321 e. The number of β-amino-alcohol motifs (C(OH)–C–C–N with tert-alkyl or cyclic N) is 1. The number of hydrogen-bond acceptors (Lipinski definition) is 2. The van der Waals surface area contributed by atoms with Crippen LogP contribution < -0.4 is 5.32 Å². The number of halogens is 2. The van der Waals surface area contributed by atoms with Crippen LogP contribution in [0.3, 0.4) is 0 Å². The van der Waals surface area contributed by atoms with Gasteiger partial charge in [-0.1, -0.05) is 23.2 Å². The summed E-state index contributed by atoms with van der Waals surface area (Å²) in [6.07, 6.45) is 1.13. The summed E-state index contributed by atoms with van der Waals surface area (Å²) in [7, 11) is 0. The van der Waals surface area contributed by atoms with Crippen LogP contribution in [0.4, 0.5) is 10.5 Å². The molecule has 1 fully saturated rings. The van der Waals surface area contributed by atoms with Crippen molar-refractivity contribution in [1.82, 2.24) is 4.90 Å². The van der Waals surface area contributed by atoms with Crippen molar-refractivity contribution in [2.45, 2.75) is 18.9 Å². The van der Waals surface area contributed by atoms with Crippen LogP contribution in [0.25, 0.3) is 0 Å². The first-order valence-electron chi connectivity index (χ1n) is 5.75. The second kappa shape index (κ2) is 5.78.